The number of fused-ring (bicyclic) bond motifs is 1. The molecule has 3 aromatic rings. The molecule has 30 heavy (non-hydrogen) atoms. The molecule has 0 radical (unpaired) electrons. The van der Waals surface area contributed by atoms with Crippen LogP contribution in [0.3, 0.4) is 0 Å². The standard InChI is InChI=1S/C23H27FN4O2/c1-16(14-17-4-2-3-5-19(17)24)23(29)25-18-6-7-20-21(15-18)27-22(26-20)8-9-28-10-12-30-13-11-28/h2-7,15-16H,8-14H2,1H3,(H,25,29)(H,26,27)/t16-/m0/s1. The number of carbonyl (C=O) groups excluding carboxylic acids is 1. The van der Waals surface area contributed by atoms with Crippen LogP contribution in [0, 0.1) is 11.7 Å². The molecule has 1 fully saturated rings. The van der Waals surface area contributed by atoms with Gasteiger partial charge in [0.2, 0.25) is 5.91 Å². The molecular formula is C23H27FN4O2. The van der Waals surface area contributed by atoms with E-state index in [1.807, 2.05) is 18.2 Å². The topological polar surface area (TPSA) is 70.2 Å². The summed E-state index contributed by atoms with van der Waals surface area (Å²) >= 11 is 0. The van der Waals surface area contributed by atoms with Crippen LogP contribution >= 0.6 is 0 Å². The number of hydrogen-bond acceptors (Lipinski definition) is 4. The molecule has 7 heteroatoms. The van der Waals surface area contributed by atoms with Gasteiger partial charge < -0.3 is 15.0 Å². The van der Waals surface area contributed by atoms with Gasteiger partial charge in [0.05, 0.1) is 24.2 Å². The minimum absolute atomic E-state index is 0.135. The van der Waals surface area contributed by atoms with E-state index in [-0.39, 0.29) is 17.6 Å². The highest BCUT2D eigenvalue weighted by atomic mass is 19.1. The molecule has 1 aromatic heterocycles. The second kappa shape index (κ2) is 9.36. The first-order valence-electron chi connectivity index (χ1n) is 10.4. The van der Waals surface area contributed by atoms with Crippen molar-refractivity contribution in [2.75, 3.05) is 38.2 Å². The molecule has 1 amide bonds. The van der Waals surface area contributed by atoms with Crippen molar-refractivity contribution >= 4 is 22.6 Å². The van der Waals surface area contributed by atoms with Gasteiger partial charge in [-0.3, -0.25) is 9.69 Å². The van der Waals surface area contributed by atoms with Gasteiger partial charge in [-0.25, -0.2) is 9.37 Å². The molecule has 1 aliphatic heterocycles. The zero-order valence-corrected chi connectivity index (χ0v) is 17.2. The average Bonchev–Trinajstić information content (AvgIpc) is 3.17. The van der Waals surface area contributed by atoms with Gasteiger partial charge in [0, 0.05) is 37.7 Å². The number of aromatic amines is 1. The summed E-state index contributed by atoms with van der Waals surface area (Å²) in [6.07, 6.45) is 1.20. The number of amides is 1. The highest BCUT2D eigenvalue weighted by molar-refractivity contribution is 5.94. The van der Waals surface area contributed by atoms with Crippen LogP contribution in [0.5, 0.6) is 0 Å². The fraction of sp³-hybridized carbons (Fsp3) is 0.391. The summed E-state index contributed by atoms with van der Waals surface area (Å²) in [6.45, 7) is 6.25. The lowest BCUT2D eigenvalue weighted by molar-refractivity contribution is -0.119. The SMILES string of the molecule is C[C@@H](Cc1ccccc1F)C(=O)Nc1ccc2nc(CCN3CCOCC3)[nH]c2c1. The molecule has 0 unspecified atom stereocenters. The number of ether oxygens (including phenoxy) is 1. The second-order valence-electron chi connectivity index (χ2n) is 7.81. The van der Waals surface area contributed by atoms with Crippen molar-refractivity contribution in [3.8, 4) is 0 Å². The van der Waals surface area contributed by atoms with Crippen LogP contribution in [-0.2, 0) is 22.4 Å². The Morgan fingerprint density at radius 2 is 2.07 bits per heavy atom. The van der Waals surface area contributed by atoms with Gasteiger partial charge in [-0.1, -0.05) is 25.1 Å². The fourth-order valence-electron chi connectivity index (χ4n) is 3.70. The lowest BCUT2D eigenvalue weighted by atomic mass is 10.00. The van der Waals surface area contributed by atoms with Gasteiger partial charge in [-0.05, 0) is 36.2 Å². The molecule has 4 rings (SSSR count). The molecule has 158 valence electrons. The van der Waals surface area contributed by atoms with Gasteiger partial charge in [-0.15, -0.1) is 0 Å². The number of morpholine rings is 1. The van der Waals surface area contributed by atoms with E-state index in [4.69, 9.17) is 4.74 Å². The summed E-state index contributed by atoms with van der Waals surface area (Å²) in [5.41, 5.74) is 3.03. The number of nitrogens with one attached hydrogen (secondary N) is 2. The van der Waals surface area contributed by atoms with E-state index in [1.54, 1.807) is 25.1 Å². The van der Waals surface area contributed by atoms with E-state index >= 15 is 0 Å². The van der Waals surface area contributed by atoms with Crippen LogP contribution in [0.25, 0.3) is 11.0 Å². The smallest absolute Gasteiger partial charge is 0.227 e. The van der Waals surface area contributed by atoms with E-state index in [9.17, 15) is 9.18 Å². The quantitative estimate of drug-likeness (QED) is 0.626. The van der Waals surface area contributed by atoms with Crippen molar-refractivity contribution in [2.45, 2.75) is 19.8 Å². The van der Waals surface area contributed by atoms with E-state index in [1.165, 1.54) is 6.07 Å². The molecule has 0 aliphatic carbocycles. The Balaban J connectivity index is 1.36. The second-order valence-corrected chi connectivity index (χ2v) is 7.81. The molecule has 0 saturated carbocycles. The maximum atomic E-state index is 13.8. The number of halogens is 1. The Morgan fingerprint density at radius 1 is 1.27 bits per heavy atom. The predicted molar refractivity (Wildman–Crippen MR) is 115 cm³/mol. The van der Waals surface area contributed by atoms with Crippen molar-refractivity contribution in [1.29, 1.82) is 0 Å². The molecule has 2 N–H and O–H groups in total. The maximum Gasteiger partial charge on any atom is 0.227 e. The first-order valence-corrected chi connectivity index (χ1v) is 10.4. The highest BCUT2D eigenvalue weighted by Crippen LogP contribution is 2.20. The third-order valence-corrected chi connectivity index (χ3v) is 5.50. The van der Waals surface area contributed by atoms with Gasteiger partial charge in [0.15, 0.2) is 0 Å². The van der Waals surface area contributed by atoms with Crippen LogP contribution in [0.2, 0.25) is 0 Å². The Labute approximate surface area is 175 Å². The van der Waals surface area contributed by atoms with E-state index in [2.05, 4.69) is 20.2 Å². The van der Waals surface area contributed by atoms with Crippen LogP contribution < -0.4 is 5.32 Å². The third kappa shape index (κ3) is 5.04. The Hall–Kier alpha value is -2.77. The van der Waals surface area contributed by atoms with Gasteiger partial charge >= 0.3 is 0 Å². The Morgan fingerprint density at radius 3 is 2.87 bits per heavy atom. The molecule has 1 saturated heterocycles. The van der Waals surface area contributed by atoms with Crippen molar-refractivity contribution in [3.05, 3.63) is 59.7 Å². The first-order chi connectivity index (χ1) is 14.6. The van der Waals surface area contributed by atoms with Crippen LogP contribution in [0.1, 0.15) is 18.3 Å². The summed E-state index contributed by atoms with van der Waals surface area (Å²) in [5, 5.41) is 2.94. The molecule has 0 bridgehead atoms. The average molecular weight is 410 g/mol. The number of anilines is 1. The van der Waals surface area contributed by atoms with Crippen LogP contribution in [-0.4, -0.2) is 53.6 Å². The molecule has 2 aromatic carbocycles. The van der Waals surface area contributed by atoms with Gasteiger partial charge in [0.1, 0.15) is 11.6 Å². The zero-order chi connectivity index (χ0) is 20.9. The largest absolute Gasteiger partial charge is 0.379 e. The number of hydrogen-bond donors (Lipinski definition) is 2. The molecule has 2 heterocycles. The predicted octanol–water partition coefficient (Wildman–Crippen LogP) is 3.39. The lowest BCUT2D eigenvalue weighted by Gasteiger charge is -2.25. The summed E-state index contributed by atoms with van der Waals surface area (Å²) in [7, 11) is 0. The van der Waals surface area contributed by atoms with E-state index in [0.717, 1.165) is 56.1 Å². The van der Waals surface area contributed by atoms with E-state index in [0.29, 0.717) is 17.7 Å². The van der Waals surface area contributed by atoms with Crippen molar-refractivity contribution < 1.29 is 13.9 Å². The molecule has 0 spiro atoms. The molecule has 1 atom stereocenters. The summed E-state index contributed by atoms with van der Waals surface area (Å²) in [6, 6.07) is 12.2. The van der Waals surface area contributed by atoms with Gasteiger partial charge in [0.25, 0.3) is 0 Å². The Bertz CT molecular complexity index is 1010. The number of imidazole rings is 1. The minimum Gasteiger partial charge on any atom is -0.379 e. The number of H-pyrrole nitrogens is 1. The third-order valence-electron chi connectivity index (χ3n) is 5.50. The van der Waals surface area contributed by atoms with Gasteiger partial charge in [-0.2, -0.15) is 0 Å². The molecule has 6 nitrogen and oxygen atoms in total. The van der Waals surface area contributed by atoms with Crippen LogP contribution in [0.15, 0.2) is 42.5 Å². The monoisotopic (exact) mass is 410 g/mol. The van der Waals surface area contributed by atoms with Crippen LogP contribution in [0.4, 0.5) is 10.1 Å². The number of carbonyl (C=O) groups is 1. The van der Waals surface area contributed by atoms with Crippen molar-refractivity contribution in [1.82, 2.24) is 14.9 Å². The summed E-state index contributed by atoms with van der Waals surface area (Å²) in [4.78, 5) is 23.0. The number of benzene rings is 2. The number of nitrogens with zero attached hydrogens (tertiary/aromatic N) is 2. The van der Waals surface area contributed by atoms with Crippen molar-refractivity contribution in [2.24, 2.45) is 5.92 Å². The summed E-state index contributed by atoms with van der Waals surface area (Å²) < 4.78 is 19.2. The Kier molecular flexibility index (Phi) is 6.40. The number of aromatic nitrogens is 2. The summed E-state index contributed by atoms with van der Waals surface area (Å²) in [5.74, 6) is 0.182. The normalized spacial score (nSPS) is 15.9. The first kappa shape index (κ1) is 20.5. The maximum absolute atomic E-state index is 13.8. The van der Waals surface area contributed by atoms with E-state index < -0.39 is 0 Å². The molecular weight excluding hydrogens is 383 g/mol. The highest BCUT2D eigenvalue weighted by Gasteiger charge is 2.16. The fourth-order valence-corrected chi connectivity index (χ4v) is 3.70. The minimum atomic E-state index is -0.344. The van der Waals surface area contributed by atoms with Crippen molar-refractivity contribution in [3.63, 3.8) is 0 Å². The molecule has 1 aliphatic rings. The number of rotatable bonds is 7. The zero-order valence-electron chi connectivity index (χ0n) is 17.2. The lowest BCUT2D eigenvalue weighted by Crippen LogP contribution is -2.37.